The molecular weight excluding hydrogens is 484 g/mol. The van der Waals surface area contributed by atoms with E-state index in [1.807, 2.05) is 30.3 Å². The minimum Gasteiger partial charge on any atom is -0.508 e. The average Bonchev–Trinajstić information content (AvgIpc) is 2.87. The molecule has 3 aromatic carbocycles. The van der Waals surface area contributed by atoms with Crippen LogP contribution in [0.4, 0.5) is 0 Å². The Bertz CT molecular complexity index is 1090. The topological polar surface area (TPSA) is 134 Å². The quantitative estimate of drug-likeness (QED) is 0.208. The van der Waals surface area contributed by atoms with Gasteiger partial charge in [0.25, 0.3) is 0 Å². The number of nitrogens with one attached hydrogen (secondary N) is 1. The second-order valence-corrected chi connectivity index (χ2v) is 8.13. The average molecular weight is 517 g/mol. The molecule has 0 heterocycles. The Morgan fingerprint density at radius 3 is 2.50 bits per heavy atom. The molecule has 0 aliphatic rings. The Kier molecular flexibility index (Phi) is 12.2. The third kappa shape index (κ3) is 9.14. The predicted molar refractivity (Wildman–Crippen MR) is 139 cm³/mol. The Balaban J connectivity index is 0.00000456. The van der Waals surface area contributed by atoms with E-state index in [1.54, 1.807) is 30.3 Å². The molecule has 8 nitrogen and oxygen atoms in total. The van der Waals surface area contributed by atoms with Crippen LogP contribution in [-0.2, 0) is 24.4 Å². The molecule has 0 unspecified atom stereocenters. The number of carbonyl (C=O) groups is 1. The molecule has 0 spiro atoms. The molecule has 0 saturated carbocycles. The lowest BCUT2D eigenvalue weighted by atomic mass is 10.1. The molecular formula is C27H33ClN2O6. The molecule has 1 atom stereocenters. The normalized spacial score (nSPS) is 11.5. The minimum atomic E-state index is -0.731. The van der Waals surface area contributed by atoms with E-state index >= 15 is 0 Å². The molecule has 0 fully saturated rings. The SMILES string of the molecule is Cl.NC(=O)c1cccc(COCCOc2ccc(CCNC[C@H](O)c3ccc(O)c(CO)c3)cc2)c1. The molecule has 194 valence electrons. The summed E-state index contributed by atoms with van der Waals surface area (Å²) in [5, 5.41) is 32.4. The van der Waals surface area contributed by atoms with Crippen LogP contribution in [-0.4, -0.2) is 47.5 Å². The van der Waals surface area contributed by atoms with Gasteiger partial charge in [-0.25, -0.2) is 0 Å². The number of amides is 1. The number of aliphatic hydroxyl groups excluding tert-OH is 2. The summed E-state index contributed by atoms with van der Waals surface area (Å²) in [6.45, 7) is 1.97. The molecule has 0 bridgehead atoms. The van der Waals surface area contributed by atoms with Crippen LogP contribution in [0.25, 0.3) is 0 Å². The smallest absolute Gasteiger partial charge is 0.248 e. The zero-order chi connectivity index (χ0) is 25.0. The number of primary amides is 1. The van der Waals surface area contributed by atoms with Crippen LogP contribution in [0.5, 0.6) is 11.5 Å². The van der Waals surface area contributed by atoms with Gasteiger partial charge in [-0.05, 0) is 66.1 Å². The summed E-state index contributed by atoms with van der Waals surface area (Å²) in [6, 6.07) is 19.6. The zero-order valence-electron chi connectivity index (χ0n) is 19.9. The summed E-state index contributed by atoms with van der Waals surface area (Å²) >= 11 is 0. The van der Waals surface area contributed by atoms with E-state index in [4.69, 9.17) is 15.2 Å². The van der Waals surface area contributed by atoms with Crippen molar-refractivity contribution in [2.75, 3.05) is 26.3 Å². The lowest BCUT2D eigenvalue weighted by Gasteiger charge is -2.14. The maximum absolute atomic E-state index is 11.2. The maximum atomic E-state index is 11.2. The number of nitrogens with two attached hydrogens (primary N) is 1. The van der Waals surface area contributed by atoms with Crippen LogP contribution < -0.4 is 15.8 Å². The number of halogens is 1. The van der Waals surface area contributed by atoms with Gasteiger partial charge >= 0.3 is 0 Å². The molecule has 6 N–H and O–H groups in total. The van der Waals surface area contributed by atoms with E-state index in [9.17, 15) is 20.1 Å². The van der Waals surface area contributed by atoms with Gasteiger partial charge < -0.3 is 35.8 Å². The first-order valence-corrected chi connectivity index (χ1v) is 11.5. The highest BCUT2D eigenvalue weighted by atomic mass is 35.5. The molecule has 36 heavy (non-hydrogen) atoms. The van der Waals surface area contributed by atoms with Gasteiger partial charge in [0.2, 0.25) is 5.91 Å². The Morgan fingerprint density at radius 1 is 1.00 bits per heavy atom. The van der Waals surface area contributed by atoms with Crippen molar-refractivity contribution in [2.45, 2.75) is 25.7 Å². The number of hydrogen-bond acceptors (Lipinski definition) is 7. The van der Waals surface area contributed by atoms with Gasteiger partial charge in [-0.3, -0.25) is 4.79 Å². The first-order valence-electron chi connectivity index (χ1n) is 11.5. The summed E-state index contributed by atoms with van der Waals surface area (Å²) in [6.07, 6.45) is 0.0591. The van der Waals surface area contributed by atoms with Gasteiger partial charge in [-0.2, -0.15) is 0 Å². The van der Waals surface area contributed by atoms with E-state index in [0.717, 1.165) is 23.3 Å². The molecule has 0 aromatic heterocycles. The second kappa shape index (κ2) is 15.1. The number of aromatic hydroxyl groups is 1. The fraction of sp³-hybridized carbons (Fsp3) is 0.296. The zero-order valence-corrected chi connectivity index (χ0v) is 20.7. The van der Waals surface area contributed by atoms with Gasteiger partial charge in [0.05, 0.1) is 25.9 Å². The number of rotatable bonds is 14. The van der Waals surface area contributed by atoms with Crippen molar-refractivity contribution >= 4 is 18.3 Å². The molecule has 9 heteroatoms. The highest BCUT2D eigenvalue weighted by Crippen LogP contribution is 2.22. The second-order valence-electron chi connectivity index (χ2n) is 8.13. The molecule has 0 radical (unpaired) electrons. The maximum Gasteiger partial charge on any atom is 0.248 e. The highest BCUT2D eigenvalue weighted by molar-refractivity contribution is 5.92. The van der Waals surface area contributed by atoms with Crippen molar-refractivity contribution in [2.24, 2.45) is 5.73 Å². The number of aliphatic hydroxyl groups is 2. The third-order valence-electron chi connectivity index (χ3n) is 5.49. The molecule has 1 amide bonds. The van der Waals surface area contributed by atoms with Crippen LogP contribution >= 0.6 is 12.4 Å². The fourth-order valence-corrected chi connectivity index (χ4v) is 3.50. The van der Waals surface area contributed by atoms with E-state index in [0.29, 0.717) is 49.6 Å². The first kappa shape index (κ1) is 29.1. The van der Waals surface area contributed by atoms with E-state index in [2.05, 4.69) is 5.32 Å². The van der Waals surface area contributed by atoms with Crippen molar-refractivity contribution in [3.8, 4) is 11.5 Å². The third-order valence-corrected chi connectivity index (χ3v) is 5.49. The largest absolute Gasteiger partial charge is 0.508 e. The Labute approximate surface area is 217 Å². The van der Waals surface area contributed by atoms with Crippen molar-refractivity contribution < 1.29 is 29.6 Å². The molecule has 0 saturated heterocycles. The van der Waals surface area contributed by atoms with Crippen molar-refractivity contribution in [1.82, 2.24) is 5.32 Å². The van der Waals surface area contributed by atoms with Crippen molar-refractivity contribution in [1.29, 1.82) is 0 Å². The van der Waals surface area contributed by atoms with E-state index in [-0.39, 0.29) is 24.8 Å². The number of ether oxygens (including phenoxy) is 2. The number of hydrogen-bond donors (Lipinski definition) is 5. The van der Waals surface area contributed by atoms with E-state index < -0.39 is 12.0 Å². The van der Waals surface area contributed by atoms with Crippen LogP contribution in [0.2, 0.25) is 0 Å². The minimum absolute atomic E-state index is 0. The van der Waals surface area contributed by atoms with Crippen LogP contribution in [0.1, 0.15) is 38.7 Å². The summed E-state index contributed by atoms with van der Waals surface area (Å²) in [5.74, 6) is 0.311. The van der Waals surface area contributed by atoms with Crippen molar-refractivity contribution in [3.63, 3.8) is 0 Å². The summed E-state index contributed by atoms with van der Waals surface area (Å²) in [4.78, 5) is 11.2. The van der Waals surface area contributed by atoms with Crippen LogP contribution in [0, 0.1) is 0 Å². The molecule has 0 aliphatic heterocycles. The molecule has 0 aliphatic carbocycles. The van der Waals surface area contributed by atoms with Gasteiger partial charge in [0.1, 0.15) is 18.1 Å². The summed E-state index contributed by atoms with van der Waals surface area (Å²) in [7, 11) is 0. The van der Waals surface area contributed by atoms with Gasteiger partial charge in [-0.1, -0.05) is 30.3 Å². The summed E-state index contributed by atoms with van der Waals surface area (Å²) in [5.41, 5.74) is 8.80. The monoisotopic (exact) mass is 516 g/mol. The number of benzene rings is 3. The Morgan fingerprint density at radius 2 is 1.78 bits per heavy atom. The fourth-order valence-electron chi connectivity index (χ4n) is 3.50. The lowest BCUT2D eigenvalue weighted by Crippen LogP contribution is -2.23. The van der Waals surface area contributed by atoms with Gasteiger partial charge in [0.15, 0.2) is 0 Å². The lowest BCUT2D eigenvalue weighted by molar-refractivity contribution is 0.0887. The van der Waals surface area contributed by atoms with Gasteiger partial charge in [0, 0.05) is 17.7 Å². The highest BCUT2D eigenvalue weighted by Gasteiger charge is 2.10. The first-order chi connectivity index (χ1) is 17.0. The number of phenols is 1. The van der Waals surface area contributed by atoms with Crippen LogP contribution in [0.15, 0.2) is 66.7 Å². The Hall–Kier alpha value is -3.14. The predicted octanol–water partition coefficient (Wildman–Crippen LogP) is 2.87. The number of carbonyl (C=O) groups excluding carboxylic acids is 1. The van der Waals surface area contributed by atoms with Crippen LogP contribution in [0.3, 0.4) is 0 Å². The summed E-state index contributed by atoms with van der Waals surface area (Å²) < 4.78 is 11.3. The molecule has 3 aromatic rings. The van der Waals surface area contributed by atoms with E-state index in [1.165, 1.54) is 6.07 Å². The van der Waals surface area contributed by atoms with Crippen molar-refractivity contribution in [3.05, 3.63) is 94.5 Å². The molecule has 3 rings (SSSR count). The van der Waals surface area contributed by atoms with Gasteiger partial charge in [-0.15, -0.1) is 12.4 Å². The standard InChI is InChI=1S/C27H32N2O6.ClH/c28-27(33)22-3-1-2-20(14-22)18-34-12-13-35-24-7-4-19(5-8-24)10-11-29-16-26(32)21-6-9-25(31)23(15-21)17-30;/h1-9,14-15,26,29-32H,10-13,16-18H2,(H2,28,33);1H/t26-;/m0./s1.